The number of H-pyrrole nitrogens is 1. The Hall–Kier alpha value is -4.12. The second kappa shape index (κ2) is 15.0. The number of aliphatic hydroxyl groups is 1. The standard InChI is InChI=1S/C33H39F2N5O5S/c1-4-6-12-46(44,45)20-29(38-31(42)28-13-21(3)39-40-28)32(43)37-27(17-23-15-25(34)18-26(35)16-23)30(41)19-36-33(10-11-33)24-9-7-8-22(5-2)14-24/h2,7-9,13-16,18,27,29-30,36,41H,4,6,10-12,17,19-20H2,1,3H3,(H,37,43)(H,38,42)(H,39,40)/t27-,29+,30+/m0/s1. The van der Waals surface area contributed by atoms with Crippen LogP contribution >= 0.6 is 0 Å². The van der Waals surface area contributed by atoms with Crippen LogP contribution in [0.15, 0.2) is 48.5 Å². The highest BCUT2D eigenvalue weighted by atomic mass is 32.2. The lowest BCUT2D eigenvalue weighted by Crippen LogP contribution is -2.57. The normalized spacial score (nSPS) is 15.7. The van der Waals surface area contributed by atoms with Gasteiger partial charge in [-0.05, 0) is 74.1 Å². The topological polar surface area (TPSA) is 153 Å². The maximum Gasteiger partial charge on any atom is 0.272 e. The van der Waals surface area contributed by atoms with Crippen molar-refractivity contribution in [3.05, 3.63) is 88.2 Å². The number of terminal acetylenes is 1. The fourth-order valence-electron chi connectivity index (χ4n) is 5.24. The summed E-state index contributed by atoms with van der Waals surface area (Å²) in [4.78, 5) is 26.6. The quantitative estimate of drug-likeness (QED) is 0.149. The summed E-state index contributed by atoms with van der Waals surface area (Å²) in [5, 5.41) is 26.3. The van der Waals surface area contributed by atoms with Gasteiger partial charge in [0.1, 0.15) is 23.4 Å². The largest absolute Gasteiger partial charge is 0.390 e. The minimum Gasteiger partial charge on any atom is -0.390 e. The number of sulfone groups is 1. The van der Waals surface area contributed by atoms with Crippen LogP contribution in [0.1, 0.15) is 65.5 Å². The minimum absolute atomic E-state index is 0.0264. The highest BCUT2D eigenvalue weighted by Crippen LogP contribution is 2.45. The van der Waals surface area contributed by atoms with Crippen molar-refractivity contribution in [1.82, 2.24) is 26.1 Å². The number of nitrogens with zero attached hydrogens (tertiary/aromatic N) is 1. The van der Waals surface area contributed by atoms with Crippen molar-refractivity contribution in [3.8, 4) is 12.3 Å². The number of halogens is 2. The van der Waals surface area contributed by atoms with Gasteiger partial charge in [-0.25, -0.2) is 17.2 Å². The Balaban J connectivity index is 1.57. The number of unbranched alkanes of at least 4 members (excludes halogenated alkanes) is 1. The molecule has 1 heterocycles. The van der Waals surface area contributed by atoms with Crippen LogP contribution in [0.5, 0.6) is 0 Å². The Bertz CT molecular complexity index is 1680. The molecule has 1 saturated carbocycles. The lowest BCUT2D eigenvalue weighted by molar-refractivity contribution is -0.124. The minimum atomic E-state index is -3.79. The summed E-state index contributed by atoms with van der Waals surface area (Å²) in [5.41, 5.74) is 1.90. The van der Waals surface area contributed by atoms with E-state index in [9.17, 15) is 31.9 Å². The van der Waals surface area contributed by atoms with Gasteiger partial charge in [-0.1, -0.05) is 31.4 Å². The van der Waals surface area contributed by atoms with E-state index in [1.54, 1.807) is 6.92 Å². The molecule has 0 aliphatic heterocycles. The molecule has 1 aliphatic rings. The summed E-state index contributed by atoms with van der Waals surface area (Å²) >= 11 is 0. The first-order chi connectivity index (χ1) is 21.8. The molecule has 13 heteroatoms. The van der Waals surface area contributed by atoms with Crippen LogP contribution in [-0.4, -0.2) is 71.8 Å². The summed E-state index contributed by atoms with van der Waals surface area (Å²) in [6, 6.07) is 9.12. The number of aryl methyl sites for hydroxylation is 1. The van der Waals surface area contributed by atoms with Crippen molar-refractivity contribution in [3.63, 3.8) is 0 Å². The maximum absolute atomic E-state index is 14.1. The zero-order valence-electron chi connectivity index (χ0n) is 25.8. The molecule has 10 nitrogen and oxygen atoms in total. The molecule has 0 unspecified atom stereocenters. The van der Waals surface area contributed by atoms with E-state index in [1.165, 1.54) is 6.07 Å². The van der Waals surface area contributed by atoms with E-state index in [1.807, 2.05) is 31.2 Å². The van der Waals surface area contributed by atoms with Gasteiger partial charge in [-0.3, -0.25) is 14.7 Å². The van der Waals surface area contributed by atoms with E-state index in [2.05, 4.69) is 32.1 Å². The summed E-state index contributed by atoms with van der Waals surface area (Å²) in [6.07, 6.45) is 6.61. The molecule has 0 saturated heterocycles. The number of hydrogen-bond acceptors (Lipinski definition) is 7. The van der Waals surface area contributed by atoms with Gasteiger partial charge in [0.15, 0.2) is 9.84 Å². The molecule has 0 spiro atoms. The Kier molecular flexibility index (Phi) is 11.3. The molecule has 1 fully saturated rings. The molecule has 1 aliphatic carbocycles. The van der Waals surface area contributed by atoms with Gasteiger partial charge in [0.2, 0.25) is 5.91 Å². The molecule has 4 rings (SSSR count). The number of hydrogen-bond donors (Lipinski definition) is 5. The first-order valence-electron chi connectivity index (χ1n) is 15.1. The SMILES string of the molecule is C#Cc1cccc(C2(NC[C@@H](O)[C@H](Cc3cc(F)cc(F)c3)NC(=O)[C@@H](CS(=O)(=O)CCCC)NC(=O)c3cc(C)[nH]n3)CC2)c1. The lowest BCUT2D eigenvalue weighted by atomic mass is 9.98. The van der Waals surface area contributed by atoms with Crippen molar-refractivity contribution < 1.29 is 31.9 Å². The molecule has 3 atom stereocenters. The van der Waals surface area contributed by atoms with Crippen LogP contribution in [0.3, 0.4) is 0 Å². The van der Waals surface area contributed by atoms with E-state index in [4.69, 9.17) is 6.42 Å². The zero-order chi connectivity index (χ0) is 33.5. The van der Waals surface area contributed by atoms with Gasteiger partial charge in [0.25, 0.3) is 5.91 Å². The predicted octanol–water partition coefficient (Wildman–Crippen LogP) is 2.66. The average Bonchev–Trinajstić information content (AvgIpc) is 3.68. The number of benzene rings is 2. The molecule has 5 N–H and O–H groups in total. The third-order valence-corrected chi connectivity index (χ3v) is 9.69. The third-order valence-electron chi connectivity index (χ3n) is 7.94. The van der Waals surface area contributed by atoms with Gasteiger partial charge in [0.05, 0.1) is 23.7 Å². The molecule has 246 valence electrons. The van der Waals surface area contributed by atoms with Crippen molar-refractivity contribution in [2.45, 2.75) is 69.7 Å². The Labute approximate surface area is 267 Å². The molecule has 2 aromatic carbocycles. The van der Waals surface area contributed by atoms with E-state index < -0.39 is 62.8 Å². The maximum atomic E-state index is 14.1. The molecule has 2 amide bonds. The monoisotopic (exact) mass is 655 g/mol. The Morgan fingerprint density at radius 3 is 2.46 bits per heavy atom. The smallest absolute Gasteiger partial charge is 0.272 e. The number of aromatic nitrogens is 2. The Morgan fingerprint density at radius 1 is 1.13 bits per heavy atom. The number of carbonyl (C=O) groups excluding carboxylic acids is 2. The van der Waals surface area contributed by atoms with Crippen LogP contribution in [0.4, 0.5) is 8.78 Å². The second-order valence-electron chi connectivity index (χ2n) is 11.8. The van der Waals surface area contributed by atoms with E-state index >= 15 is 0 Å². The summed E-state index contributed by atoms with van der Waals surface area (Å²) in [5.74, 6) is -1.60. The fourth-order valence-corrected chi connectivity index (χ4v) is 6.88. The van der Waals surface area contributed by atoms with Crippen molar-refractivity contribution in [2.24, 2.45) is 0 Å². The van der Waals surface area contributed by atoms with Gasteiger partial charge in [0, 0.05) is 29.4 Å². The van der Waals surface area contributed by atoms with E-state index in [-0.39, 0.29) is 30.0 Å². The summed E-state index contributed by atoms with van der Waals surface area (Å²) in [7, 11) is -3.79. The molecule has 0 radical (unpaired) electrons. The lowest BCUT2D eigenvalue weighted by Gasteiger charge is -2.29. The number of amides is 2. The highest BCUT2D eigenvalue weighted by molar-refractivity contribution is 7.91. The molecule has 1 aromatic heterocycles. The van der Waals surface area contributed by atoms with E-state index in [0.29, 0.717) is 30.2 Å². The van der Waals surface area contributed by atoms with Crippen LogP contribution in [0.2, 0.25) is 0 Å². The van der Waals surface area contributed by atoms with Crippen molar-refractivity contribution in [2.75, 3.05) is 18.1 Å². The van der Waals surface area contributed by atoms with Crippen LogP contribution in [0, 0.1) is 30.9 Å². The molecular formula is C33H39F2N5O5S. The zero-order valence-corrected chi connectivity index (χ0v) is 26.6. The number of aromatic amines is 1. The number of nitrogens with one attached hydrogen (secondary N) is 4. The van der Waals surface area contributed by atoms with Gasteiger partial charge < -0.3 is 21.1 Å². The number of rotatable bonds is 16. The molecule has 3 aromatic rings. The van der Waals surface area contributed by atoms with Gasteiger partial charge in [-0.15, -0.1) is 6.42 Å². The van der Waals surface area contributed by atoms with Crippen LogP contribution in [0.25, 0.3) is 0 Å². The van der Waals surface area contributed by atoms with Crippen LogP contribution in [-0.2, 0) is 26.6 Å². The Morgan fingerprint density at radius 2 is 1.85 bits per heavy atom. The van der Waals surface area contributed by atoms with Crippen LogP contribution < -0.4 is 16.0 Å². The first kappa shape index (κ1) is 34.7. The average molecular weight is 656 g/mol. The van der Waals surface area contributed by atoms with Crippen molar-refractivity contribution >= 4 is 21.7 Å². The fraction of sp³-hybridized carbons (Fsp3) is 0.424. The summed E-state index contributed by atoms with van der Waals surface area (Å²) < 4.78 is 54.0. The predicted molar refractivity (Wildman–Crippen MR) is 169 cm³/mol. The van der Waals surface area contributed by atoms with Crippen molar-refractivity contribution in [1.29, 1.82) is 0 Å². The van der Waals surface area contributed by atoms with Gasteiger partial charge in [-0.2, -0.15) is 5.10 Å². The highest BCUT2D eigenvalue weighted by Gasteiger charge is 2.44. The first-order valence-corrected chi connectivity index (χ1v) is 16.9. The third kappa shape index (κ3) is 9.45. The molecule has 0 bridgehead atoms. The number of carbonyl (C=O) groups is 2. The second-order valence-corrected chi connectivity index (χ2v) is 14.0. The summed E-state index contributed by atoms with van der Waals surface area (Å²) in [6.45, 7) is 3.48. The van der Waals surface area contributed by atoms with Gasteiger partial charge >= 0.3 is 0 Å². The molecule has 46 heavy (non-hydrogen) atoms. The van der Waals surface area contributed by atoms with E-state index in [0.717, 1.165) is 30.5 Å². The molecular weight excluding hydrogens is 616 g/mol. The number of aliphatic hydroxyl groups excluding tert-OH is 1.